The quantitative estimate of drug-likeness (QED) is 0.940. The van der Waals surface area contributed by atoms with Crippen LogP contribution < -0.4 is 5.32 Å². The van der Waals surface area contributed by atoms with Crippen molar-refractivity contribution in [3.8, 4) is 0 Å². The zero-order valence-electron chi connectivity index (χ0n) is 10.1. The molecule has 4 heteroatoms. The van der Waals surface area contributed by atoms with Crippen LogP contribution in [0.3, 0.4) is 0 Å². The molecule has 0 spiro atoms. The Hall–Kier alpha value is -0.870. The number of hydrogen-bond acceptors (Lipinski definition) is 2. The minimum Gasteiger partial charge on any atom is -0.324 e. The summed E-state index contributed by atoms with van der Waals surface area (Å²) in [4.78, 5) is 4.78. The van der Waals surface area contributed by atoms with Crippen LogP contribution in [-0.2, 0) is 0 Å². The standard InChI is InChI=1S/C13H16BrN3/c1-8(15-2)13-16-11-7-9(14)3-6-12(11)17(13)10-4-5-10/h3,6-8,10,15H,4-5H2,1-2H3. The van der Waals surface area contributed by atoms with E-state index in [0.717, 1.165) is 15.8 Å². The third-order valence-electron chi connectivity index (χ3n) is 3.41. The summed E-state index contributed by atoms with van der Waals surface area (Å²) in [5.41, 5.74) is 2.34. The molecule has 1 saturated carbocycles. The molecular weight excluding hydrogens is 278 g/mol. The van der Waals surface area contributed by atoms with E-state index in [2.05, 4.69) is 50.9 Å². The van der Waals surface area contributed by atoms with Crippen molar-refractivity contribution in [2.24, 2.45) is 0 Å². The first kappa shape index (κ1) is 11.2. The topological polar surface area (TPSA) is 29.9 Å². The van der Waals surface area contributed by atoms with Crippen LogP contribution >= 0.6 is 15.9 Å². The number of halogens is 1. The van der Waals surface area contributed by atoms with Gasteiger partial charge >= 0.3 is 0 Å². The molecule has 1 unspecified atom stereocenters. The monoisotopic (exact) mass is 293 g/mol. The SMILES string of the molecule is CNC(C)c1nc2cc(Br)ccc2n1C1CC1. The molecule has 0 radical (unpaired) electrons. The molecule has 3 rings (SSSR count). The van der Waals surface area contributed by atoms with E-state index in [9.17, 15) is 0 Å². The molecule has 90 valence electrons. The summed E-state index contributed by atoms with van der Waals surface area (Å²) in [5.74, 6) is 1.16. The summed E-state index contributed by atoms with van der Waals surface area (Å²) in [6.45, 7) is 2.16. The lowest BCUT2D eigenvalue weighted by Crippen LogP contribution is -2.17. The van der Waals surface area contributed by atoms with Gasteiger partial charge in [-0.1, -0.05) is 15.9 Å². The fourth-order valence-corrected chi connectivity index (χ4v) is 2.59. The van der Waals surface area contributed by atoms with Gasteiger partial charge in [0.2, 0.25) is 0 Å². The van der Waals surface area contributed by atoms with Crippen molar-refractivity contribution in [1.82, 2.24) is 14.9 Å². The highest BCUT2D eigenvalue weighted by molar-refractivity contribution is 9.10. The van der Waals surface area contributed by atoms with Crippen molar-refractivity contribution in [3.05, 3.63) is 28.5 Å². The van der Waals surface area contributed by atoms with Crippen LogP contribution in [0.15, 0.2) is 22.7 Å². The normalized spacial score (nSPS) is 17.6. The molecule has 1 heterocycles. The first-order valence-electron chi connectivity index (χ1n) is 6.05. The van der Waals surface area contributed by atoms with Crippen molar-refractivity contribution < 1.29 is 0 Å². The zero-order valence-corrected chi connectivity index (χ0v) is 11.7. The number of nitrogens with zero attached hydrogens (tertiary/aromatic N) is 2. The second kappa shape index (κ2) is 4.10. The number of nitrogens with one attached hydrogen (secondary N) is 1. The maximum absolute atomic E-state index is 4.78. The molecule has 1 aliphatic carbocycles. The summed E-state index contributed by atoms with van der Waals surface area (Å²) in [5, 5.41) is 3.28. The van der Waals surface area contributed by atoms with Gasteiger partial charge in [0.15, 0.2) is 0 Å². The third-order valence-corrected chi connectivity index (χ3v) is 3.90. The Labute approximate surface area is 109 Å². The van der Waals surface area contributed by atoms with E-state index >= 15 is 0 Å². The van der Waals surface area contributed by atoms with E-state index in [1.807, 2.05) is 7.05 Å². The van der Waals surface area contributed by atoms with Gasteiger partial charge in [-0.25, -0.2) is 4.98 Å². The predicted octanol–water partition coefficient (Wildman–Crippen LogP) is 3.41. The molecule has 0 bridgehead atoms. The smallest absolute Gasteiger partial charge is 0.127 e. The minimum absolute atomic E-state index is 0.293. The molecule has 17 heavy (non-hydrogen) atoms. The van der Waals surface area contributed by atoms with Crippen molar-refractivity contribution in [1.29, 1.82) is 0 Å². The highest BCUT2D eigenvalue weighted by Crippen LogP contribution is 2.40. The van der Waals surface area contributed by atoms with Gasteiger partial charge in [0, 0.05) is 10.5 Å². The summed E-state index contributed by atoms with van der Waals surface area (Å²) >= 11 is 3.51. The van der Waals surface area contributed by atoms with Gasteiger partial charge in [-0.3, -0.25) is 0 Å². The van der Waals surface area contributed by atoms with E-state index in [-0.39, 0.29) is 0 Å². The maximum atomic E-state index is 4.78. The van der Waals surface area contributed by atoms with E-state index in [0.29, 0.717) is 12.1 Å². The van der Waals surface area contributed by atoms with Crippen LogP contribution in [0, 0.1) is 0 Å². The number of imidazole rings is 1. The van der Waals surface area contributed by atoms with E-state index in [4.69, 9.17) is 4.98 Å². The lowest BCUT2D eigenvalue weighted by Gasteiger charge is -2.13. The lowest BCUT2D eigenvalue weighted by atomic mass is 10.3. The van der Waals surface area contributed by atoms with Crippen molar-refractivity contribution in [2.75, 3.05) is 7.05 Å². The highest BCUT2D eigenvalue weighted by atomic mass is 79.9. The Bertz CT molecular complexity index is 557. The molecule has 0 aliphatic heterocycles. The zero-order chi connectivity index (χ0) is 12.0. The third kappa shape index (κ3) is 1.89. The number of aromatic nitrogens is 2. The Morgan fingerprint density at radius 2 is 2.24 bits per heavy atom. The molecular formula is C13H16BrN3. The molecule has 3 nitrogen and oxygen atoms in total. The lowest BCUT2D eigenvalue weighted by molar-refractivity contribution is 0.565. The van der Waals surface area contributed by atoms with Crippen molar-refractivity contribution in [3.63, 3.8) is 0 Å². The number of hydrogen-bond donors (Lipinski definition) is 1. The van der Waals surface area contributed by atoms with Crippen LogP contribution in [0.5, 0.6) is 0 Å². The van der Waals surface area contributed by atoms with Crippen molar-refractivity contribution in [2.45, 2.75) is 31.8 Å². The van der Waals surface area contributed by atoms with Crippen LogP contribution in [0.25, 0.3) is 11.0 Å². The average Bonchev–Trinajstić information content (AvgIpc) is 3.09. The van der Waals surface area contributed by atoms with Gasteiger partial charge in [0.25, 0.3) is 0 Å². The van der Waals surface area contributed by atoms with Gasteiger partial charge in [-0.05, 0) is 45.0 Å². The number of fused-ring (bicyclic) bond motifs is 1. The molecule has 1 N–H and O–H groups in total. The van der Waals surface area contributed by atoms with Gasteiger partial charge in [0.1, 0.15) is 5.82 Å². The van der Waals surface area contributed by atoms with Crippen LogP contribution in [0.1, 0.15) is 37.7 Å². The summed E-state index contributed by atoms with van der Waals surface area (Å²) in [6, 6.07) is 7.31. The largest absolute Gasteiger partial charge is 0.324 e. The first-order chi connectivity index (χ1) is 8.20. The molecule has 2 aromatic rings. The van der Waals surface area contributed by atoms with E-state index < -0.39 is 0 Å². The Balaban J connectivity index is 2.22. The maximum Gasteiger partial charge on any atom is 0.127 e. The second-order valence-corrected chi connectivity index (χ2v) is 5.63. The van der Waals surface area contributed by atoms with E-state index in [1.54, 1.807) is 0 Å². The van der Waals surface area contributed by atoms with Crippen molar-refractivity contribution >= 4 is 27.0 Å². The first-order valence-corrected chi connectivity index (χ1v) is 6.84. The van der Waals surface area contributed by atoms with Gasteiger partial charge < -0.3 is 9.88 Å². The Morgan fingerprint density at radius 1 is 1.47 bits per heavy atom. The Morgan fingerprint density at radius 3 is 2.88 bits per heavy atom. The van der Waals surface area contributed by atoms with Crippen LogP contribution in [0.2, 0.25) is 0 Å². The van der Waals surface area contributed by atoms with Crippen LogP contribution in [0.4, 0.5) is 0 Å². The van der Waals surface area contributed by atoms with E-state index in [1.165, 1.54) is 18.4 Å². The average molecular weight is 294 g/mol. The second-order valence-electron chi connectivity index (χ2n) is 4.71. The fraction of sp³-hybridized carbons (Fsp3) is 0.462. The molecule has 1 fully saturated rings. The molecule has 0 saturated heterocycles. The minimum atomic E-state index is 0.293. The molecule has 1 aromatic carbocycles. The van der Waals surface area contributed by atoms with Crippen LogP contribution in [-0.4, -0.2) is 16.6 Å². The summed E-state index contributed by atoms with van der Waals surface area (Å²) < 4.78 is 3.50. The fourth-order valence-electron chi connectivity index (χ4n) is 2.24. The molecule has 1 aliphatic rings. The highest BCUT2D eigenvalue weighted by Gasteiger charge is 2.29. The molecule has 1 aromatic heterocycles. The Kier molecular flexibility index (Phi) is 2.71. The van der Waals surface area contributed by atoms with Gasteiger partial charge in [-0.15, -0.1) is 0 Å². The molecule has 1 atom stereocenters. The predicted molar refractivity (Wildman–Crippen MR) is 73.2 cm³/mol. The number of benzene rings is 1. The number of rotatable bonds is 3. The van der Waals surface area contributed by atoms with Gasteiger partial charge in [0.05, 0.1) is 17.1 Å². The summed E-state index contributed by atoms with van der Waals surface area (Å²) in [7, 11) is 1.98. The molecule has 0 amide bonds. The summed E-state index contributed by atoms with van der Waals surface area (Å²) in [6.07, 6.45) is 2.57. The van der Waals surface area contributed by atoms with Gasteiger partial charge in [-0.2, -0.15) is 0 Å².